The predicted octanol–water partition coefficient (Wildman–Crippen LogP) is 4.77. The highest BCUT2D eigenvalue weighted by Crippen LogP contribution is 2.34. The quantitative estimate of drug-likeness (QED) is 0.452. The van der Waals surface area contributed by atoms with Crippen LogP contribution in [-0.2, 0) is 14.8 Å². The molecule has 0 amide bonds. The Kier molecular flexibility index (Phi) is 7.01. The number of morpholine rings is 1. The van der Waals surface area contributed by atoms with Crippen LogP contribution in [0, 0.1) is 20.8 Å². The van der Waals surface area contributed by atoms with Gasteiger partial charge in [0.05, 0.1) is 35.2 Å². The summed E-state index contributed by atoms with van der Waals surface area (Å²) in [5, 5.41) is 0. The van der Waals surface area contributed by atoms with Gasteiger partial charge in [0.25, 0.3) is 0 Å². The maximum atomic E-state index is 13.5. The van der Waals surface area contributed by atoms with Crippen LogP contribution in [0.5, 0.6) is 0 Å². The summed E-state index contributed by atoms with van der Waals surface area (Å²) in [5.74, 6) is 0. The van der Waals surface area contributed by atoms with Crippen LogP contribution in [0.4, 0.5) is 11.4 Å². The Balaban J connectivity index is 1.57. The molecular formula is C28H34N4O3S. The average Bonchev–Trinajstić information content (AvgIpc) is 3.52. The number of aryl methyl sites for hydroxylation is 2. The van der Waals surface area contributed by atoms with Gasteiger partial charge in [-0.3, -0.25) is 4.99 Å². The minimum Gasteiger partial charge on any atom is -0.379 e. The third-order valence-electron chi connectivity index (χ3n) is 7.10. The zero-order valence-electron chi connectivity index (χ0n) is 21.3. The second-order valence-corrected chi connectivity index (χ2v) is 11.6. The number of benzene rings is 2. The first-order chi connectivity index (χ1) is 17.3. The first-order valence-corrected chi connectivity index (χ1v) is 14.1. The minimum atomic E-state index is -3.61. The first-order valence-electron chi connectivity index (χ1n) is 12.6. The van der Waals surface area contributed by atoms with Gasteiger partial charge in [-0.25, -0.2) is 8.42 Å². The predicted molar refractivity (Wildman–Crippen MR) is 145 cm³/mol. The molecule has 0 spiro atoms. The number of aliphatic imine (C=N–C) groups is 1. The van der Waals surface area contributed by atoms with Gasteiger partial charge in [0.1, 0.15) is 0 Å². The van der Waals surface area contributed by atoms with Crippen LogP contribution in [-0.4, -0.2) is 62.9 Å². The largest absolute Gasteiger partial charge is 0.379 e. The number of ether oxygens (including phenoxy) is 1. The van der Waals surface area contributed by atoms with Crippen LogP contribution >= 0.6 is 0 Å². The molecule has 2 aromatic carbocycles. The molecule has 0 aliphatic carbocycles. The summed E-state index contributed by atoms with van der Waals surface area (Å²) in [6.07, 6.45) is 4.18. The number of rotatable bonds is 6. The van der Waals surface area contributed by atoms with Gasteiger partial charge in [0, 0.05) is 49.3 Å². The molecular weight excluding hydrogens is 472 g/mol. The Morgan fingerprint density at radius 2 is 1.56 bits per heavy atom. The smallest absolute Gasteiger partial charge is 0.243 e. The summed E-state index contributed by atoms with van der Waals surface area (Å²) in [4.78, 5) is 7.37. The number of sulfonamides is 1. The van der Waals surface area contributed by atoms with Crippen molar-refractivity contribution in [2.45, 2.75) is 38.5 Å². The Morgan fingerprint density at radius 3 is 2.25 bits per heavy atom. The van der Waals surface area contributed by atoms with Crippen molar-refractivity contribution in [1.29, 1.82) is 0 Å². The van der Waals surface area contributed by atoms with Gasteiger partial charge in [0.15, 0.2) is 0 Å². The summed E-state index contributed by atoms with van der Waals surface area (Å²) in [6.45, 7) is 9.77. The fraction of sp³-hybridized carbons (Fsp3) is 0.393. The number of aromatic nitrogens is 1. The maximum absolute atomic E-state index is 13.5. The zero-order chi connectivity index (χ0) is 25.3. The lowest BCUT2D eigenvalue weighted by Crippen LogP contribution is -2.40. The molecule has 2 saturated heterocycles. The molecule has 0 radical (unpaired) electrons. The summed E-state index contributed by atoms with van der Waals surface area (Å²) >= 11 is 0. The molecule has 1 aromatic heterocycles. The molecule has 2 fully saturated rings. The van der Waals surface area contributed by atoms with Crippen LogP contribution in [0.1, 0.15) is 35.4 Å². The Labute approximate surface area is 214 Å². The molecule has 2 aliphatic heterocycles. The van der Waals surface area contributed by atoms with Crippen molar-refractivity contribution in [3.8, 4) is 5.69 Å². The van der Waals surface area contributed by atoms with E-state index < -0.39 is 10.0 Å². The molecule has 8 heteroatoms. The molecule has 5 rings (SSSR count). The topological polar surface area (TPSA) is 67.1 Å². The number of anilines is 1. The van der Waals surface area contributed by atoms with Crippen molar-refractivity contribution in [1.82, 2.24) is 8.87 Å². The highest BCUT2D eigenvalue weighted by molar-refractivity contribution is 7.89. The van der Waals surface area contributed by atoms with Crippen molar-refractivity contribution in [3.05, 3.63) is 71.0 Å². The fourth-order valence-electron chi connectivity index (χ4n) is 5.07. The molecule has 0 N–H and O–H groups in total. The molecule has 0 bridgehead atoms. The van der Waals surface area contributed by atoms with Gasteiger partial charge >= 0.3 is 0 Å². The van der Waals surface area contributed by atoms with E-state index in [1.165, 1.54) is 9.87 Å². The monoisotopic (exact) mass is 506 g/mol. The van der Waals surface area contributed by atoms with E-state index in [2.05, 4.69) is 53.4 Å². The molecule has 3 heterocycles. The molecule has 0 unspecified atom stereocenters. The van der Waals surface area contributed by atoms with Gasteiger partial charge in [0.2, 0.25) is 10.0 Å². The van der Waals surface area contributed by atoms with Crippen molar-refractivity contribution in [2.24, 2.45) is 4.99 Å². The van der Waals surface area contributed by atoms with E-state index in [0.29, 0.717) is 31.2 Å². The second kappa shape index (κ2) is 10.2. The number of hydrogen-bond acceptors (Lipinski definition) is 5. The average molecular weight is 507 g/mol. The van der Waals surface area contributed by atoms with Crippen molar-refractivity contribution in [3.63, 3.8) is 0 Å². The van der Waals surface area contributed by atoms with E-state index in [9.17, 15) is 8.42 Å². The summed E-state index contributed by atoms with van der Waals surface area (Å²) in [5.41, 5.74) is 7.16. The molecule has 36 heavy (non-hydrogen) atoms. The lowest BCUT2D eigenvalue weighted by atomic mass is 10.2. The van der Waals surface area contributed by atoms with Gasteiger partial charge in [-0.2, -0.15) is 4.31 Å². The summed E-state index contributed by atoms with van der Waals surface area (Å²) in [6, 6.07) is 15.8. The Bertz CT molecular complexity index is 1360. The zero-order valence-corrected chi connectivity index (χ0v) is 22.1. The second-order valence-electron chi connectivity index (χ2n) is 9.62. The SMILES string of the molecule is Cc1ccc(N=Cc2cc(C)n(-c3cc(S(=O)(=O)N4CCOCC4)ccc3N3CCCC3)c2C)cc1. The van der Waals surface area contributed by atoms with Crippen molar-refractivity contribution < 1.29 is 13.2 Å². The minimum absolute atomic E-state index is 0.324. The van der Waals surface area contributed by atoms with Crippen LogP contribution in [0.15, 0.2) is 58.4 Å². The summed E-state index contributed by atoms with van der Waals surface area (Å²) in [7, 11) is -3.61. The molecule has 190 valence electrons. The highest BCUT2D eigenvalue weighted by atomic mass is 32.2. The lowest BCUT2D eigenvalue weighted by Gasteiger charge is -2.28. The van der Waals surface area contributed by atoms with E-state index in [0.717, 1.165) is 59.9 Å². The molecule has 2 aliphatic rings. The molecule has 7 nitrogen and oxygen atoms in total. The molecule has 0 saturated carbocycles. The van der Waals surface area contributed by atoms with Crippen LogP contribution in [0.2, 0.25) is 0 Å². The highest BCUT2D eigenvalue weighted by Gasteiger charge is 2.28. The van der Waals surface area contributed by atoms with E-state index in [1.54, 1.807) is 6.07 Å². The first kappa shape index (κ1) is 24.7. The fourth-order valence-corrected chi connectivity index (χ4v) is 6.50. The van der Waals surface area contributed by atoms with E-state index >= 15 is 0 Å². The maximum Gasteiger partial charge on any atom is 0.243 e. The van der Waals surface area contributed by atoms with E-state index in [4.69, 9.17) is 4.74 Å². The third-order valence-corrected chi connectivity index (χ3v) is 8.99. The van der Waals surface area contributed by atoms with Crippen LogP contribution in [0.25, 0.3) is 5.69 Å². The van der Waals surface area contributed by atoms with Gasteiger partial charge < -0.3 is 14.2 Å². The Hall–Kier alpha value is -2.94. The lowest BCUT2D eigenvalue weighted by molar-refractivity contribution is 0.0730. The van der Waals surface area contributed by atoms with Crippen molar-refractivity contribution >= 4 is 27.6 Å². The van der Waals surface area contributed by atoms with Crippen molar-refractivity contribution in [2.75, 3.05) is 44.3 Å². The van der Waals surface area contributed by atoms with Gasteiger partial charge in [-0.1, -0.05) is 17.7 Å². The third kappa shape index (κ3) is 4.85. The van der Waals surface area contributed by atoms with Gasteiger partial charge in [-0.15, -0.1) is 0 Å². The molecule has 0 atom stereocenters. The van der Waals surface area contributed by atoms with E-state index in [1.807, 2.05) is 30.5 Å². The van der Waals surface area contributed by atoms with E-state index in [-0.39, 0.29) is 0 Å². The molecule has 3 aromatic rings. The standard InChI is InChI=1S/C28H34N4O3S/c1-21-6-8-25(9-7-21)29-20-24-18-22(2)32(23(24)3)28-19-26(10-11-27(28)30-12-4-5-13-30)36(33,34)31-14-16-35-17-15-31/h6-11,18-20H,4-5,12-17H2,1-3H3. The van der Waals surface area contributed by atoms with Crippen LogP contribution < -0.4 is 4.90 Å². The Morgan fingerprint density at radius 1 is 0.861 bits per heavy atom. The number of hydrogen-bond donors (Lipinski definition) is 0. The number of nitrogens with zero attached hydrogens (tertiary/aromatic N) is 4. The normalized spacial score (nSPS) is 17.4. The summed E-state index contributed by atoms with van der Waals surface area (Å²) < 4.78 is 36.0. The van der Waals surface area contributed by atoms with Crippen LogP contribution in [0.3, 0.4) is 0 Å². The van der Waals surface area contributed by atoms with Gasteiger partial charge in [-0.05, 0) is 70.0 Å².